The highest BCUT2D eigenvalue weighted by molar-refractivity contribution is 5.87. The average Bonchev–Trinajstić information content (AvgIpc) is 2.81. The third-order valence-corrected chi connectivity index (χ3v) is 4.03. The summed E-state index contributed by atoms with van der Waals surface area (Å²) < 4.78 is 1.90. The zero-order chi connectivity index (χ0) is 27.4. The maximum Gasteiger partial charge on any atom is 0.368 e. The van der Waals surface area contributed by atoms with Gasteiger partial charge in [0.05, 0.1) is 19.6 Å². The van der Waals surface area contributed by atoms with Gasteiger partial charge < -0.3 is 0 Å². The van der Waals surface area contributed by atoms with Crippen molar-refractivity contribution in [2.24, 2.45) is 0 Å². The zero-order valence-electron chi connectivity index (χ0n) is 20.1. The SMILES string of the molecule is C=C(C)C(=O)OOCCn1c(=O)n(CCOOC(=O)C(=C)C)c(=O)n(CCOOC(=O)C(=C)C)c1=O. The summed E-state index contributed by atoms with van der Waals surface area (Å²) in [6.07, 6.45) is 0. The molecule has 1 rings (SSSR count). The summed E-state index contributed by atoms with van der Waals surface area (Å²) in [5.41, 5.74) is -2.95. The molecular weight excluding hydrogens is 486 g/mol. The Kier molecular flexibility index (Phi) is 11.9. The van der Waals surface area contributed by atoms with E-state index in [2.05, 4.69) is 49.1 Å². The molecular formula is C21H27N3O12. The van der Waals surface area contributed by atoms with Crippen LogP contribution < -0.4 is 17.1 Å². The molecule has 15 heteroatoms. The monoisotopic (exact) mass is 513 g/mol. The van der Waals surface area contributed by atoms with Crippen molar-refractivity contribution in [3.05, 3.63) is 67.9 Å². The summed E-state index contributed by atoms with van der Waals surface area (Å²) in [5, 5.41) is 0. The van der Waals surface area contributed by atoms with Crippen LogP contribution in [-0.2, 0) is 63.3 Å². The molecule has 0 spiro atoms. The van der Waals surface area contributed by atoms with Gasteiger partial charge in [-0.05, 0) is 20.8 Å². The Bertz CT molecular complexity index is 1030. The first-order valence-electron chi connectivity index (χ1n) is 10.3. The number of rotatable bonds is 15. The highest BCUT2D eigenvalue weighted by Crippen LogP contribution is 1.95. The topological polar surface area (TPSA) is 173 Å². The Morgan fingerprint density at radius 2 is 0.778 bits per heavy atom. The Balaban J connectivity index is 3.09. The molecule has 0 saturated carbocycles. The molecule has 36 heavy (non-hydrogen) atoms. The molecule has 0 aromatic carbocycles. The summed E-state index contributed by atoms with van der Waals surface area (Å²) in [6.45, 7) is 11.7. The lowest BCUT2D eigenvalue weighted by Gasteiger charge is -2.13. The number of aromatic nitrogens is 3. The van der Waals surface area contributed by atoms with Crippen molar-refractivity contribution < 1.29 is 43.7 Å². The summed E-state index contributed by atoms with van der Waals surface area (Å²) in [5.74, 6) is -2.56. The number of hydrogen-bond acceptors (Lipinski definition) is 12. The van der Waals surface area contributed by atoms with Crippen LogP contribution in [0.5, 0.6) is 0 Å². The van der Waals surface area contributed by atoms with Gasteiger partial charge in [-0.1, -0.05) is 19.7 Å². The standard InChI is InChI=1S/C21H27N3O12/c1-13(2)16(25)34-31-10-7-22-19(28)23(8-11-32-35-17(26)14(3)4)21(30)24(20(22)29)9-12-33-36-18(27)15(5)6/h1,3,5,7-12H2,2,4,6H3. The van der Waals surface area contributed by atoms with E-state index in [1.165, 1.54) is 20.8 Å². The Labute approximate surface area is 204 Å². The van der Waals surface area contributed by atoms with Crippen LogP contribution in [0.3, 0.4) is 0 Å². The molecule has 0 radical (unpaired) electrons. The molecule has 0 N–H and O–H groups in total. The first-order chi connectivity index (χ1) is 16.9. The molecule has 0 atom stereocenters. The van der Waals surface area contributed by atoms with Crippen LogP contribution in [0.25, 0.3) is 0 Å². The fourth-order valence-corrected chi connectivity index (χ4v) is 2.14. The van der Waals surface area contributed by atoms with Gasteiger partial charge >= 0.3 is 35.0 Å². The van der Waals surface area contributed by atoms with Crippen molar-refractivity contribution in [3.8, 4) is 0 Å². The van der Waals surface area contributed by atoms with Crippen LogP contribution >= 0.6 is 0 Å². The van der Waals surface area contributed by atoms with Crippen molar-refractivity contribution in [3.63, 3.8) is 0 Å². The highest BCUT2D eigenvalue weighted by atomic mass is 17.2. The molecule has 1 aromatic heterocycles. The molecule has 1 aromatic rings. The minimum Gasteiger partial charge on any atom is -0.293 e. The average molecular weight is 513 g/mol. The predicted molar refractivity (Wildman–Crippen MR) is 120 cm³/mol. The van der Waals surface area contributed by atoms with Crippen molar-refractivity contribution in [1.29, 1.82) is 0 Å². The smallest absolute Gasteiger partial charge is 0.293 e. The Morgan fingerprint density at radius 3 is 0.972 bits per heavy atom. The molecule has 0 aliphatic carbocycles. The largest absolute Gasteiger partial charge is 0.368 e. The lowest BCUT2D eigenvalue weighted by molar-refractivity contribution is -0.270. The van der Waals surface area contributed by atoms with Crippen LogP contribution in [0.15, 0.2) is 50.8 Å². The van der Waals surface area contributed by atoms with Crippen LogP contribution in [0.4, 0.5) is 0 Å². The van der Waals surface area contributed by atoms with E-state index in [1.807, 2.05) is 0 Å². The molecule has 0 aliphatic rings. The number of carbonyl (C=O) groups is 3. The first kappa shape index (κ1) is 30.0. The summed E-state index contributed by atoms with van der Waals surface area (Å²) in [7, 11) is 0. The molecule has 0 fully saturated rings. The second kappa shape index (κ2) is 14.3. The maximum atomic E-state index is 12.8. The second-order valence-corrected chi connectivity index (χ2v) is 7.22. The summed E-state index contributed by atoms with van der Waals surface area (Å²) in [6, 6.07) is 0. The molecule has 0 aliphatic heterocycles. The van der Waals surface area contributed by atoms with Gasteiger partial charge in [-0.15, -0.1) is 0 Å². The fourth-order valence-electron chi connectivity index (χ4n) is 2.14. The summed E-state index contributed by atoms with van der Waals surface area (Å²) in [4.78, 5) is 99.9. The van der Waals surface area contributed by atoms with Gasteiger partial charge in [-0.2, -0.15) is 14.7 Å². The van der Waals surface area contributed by atoms with Crippen molar-refractivity contribution in [2.45, 2.75) is 40.4 Å². The second-order valence-electron chi connectivity index (χ2n) is 7.22. The Hall–Kier alpha value is -4.08. The maximum absolute atomic E-state index is 12.8. The molecule has 0 amide bonds. The number of hydrogen-bond donors (Lipinski definition) is 0. The van der Waals surface area contributed by atoms with E-state index in [0.29, 0.717) is 13.7 Å². The van der Waals surface area contributed by atoms with Crippen LogP contribution in [-0.4, -0.2) is 51.4 Å². The van der Waals surface area contributed by atoms with Crippen molar-refractivity contribution in [1.82, 2.24) is 13.7 Å². The Morgan fingerprint density at radius 1 is 0.556 bits per heavy atom. The lowest BCUT2D eigenvalue weighted by Crippen LogP contribution is -2.55. The molecule has 198 valence electrons. The quantitative estimate of drug-likeness (QED) is 0.125. The number of carbonyl (C=O) groups excluding carboxylic acids is 3. The predicted octanol–water partition coefficient (Wildman–Crippen LogP) is -0.676. The molecule has 0 saturated heterocycles. The van der Waals surface area contributed by atoms with Crippen LogP contribution in [0.1, 0.15) is 20.8 Å². The minimum absolute atomic E-state index is 0.0581. The highest BCUT2D eigenvalue weighted by Gasteiger charge is 2.17. The van der Waals surface area contributed by atoms with Gasteiger partial charge in [0.25, 0.3) is 0 Å². The van der Waals surface area contributed by atoms with E-state index in [1.54, 1.807) is 0 Å². The van der Waals surface area contributed by atoms with E-state index in [-0.39, 0.29) is 16.7 Å². The van der Waals surface area contributed by atoms with Crippen molar-refractivity contribution in [2.75, 3.05) is 19.8 Å². The minimum atomic E-state index is -1.04. The molecule has 15 nitrogen and oxygen atoms in total. The van der Waals surface area contributed by atoms with Gasteiger partial charge in [0.1, 0.15) is 19.8 Å². The van der Waals surface area contributed by atoms with E-state index in [4.69, 9.17) is 0 Å². The van der Waals surface area contributed by atoms with Gasteiger partial charge in [-0.3, -0.25) is 14.7 Å². The van der Waals surface area contributed by atoms with E-state index in [9.17, 15) is 28.8 Å². The van der Waals surface area contributed by atoms with Crippen LogP contribution in [0, 0.1) is 0 Å². The number of nitrogens with zero attached hydrogens (tertiary/aromatic N) is 3. The van der Waals surface area contributed by atoms with E-state index in [0.717, 1.165) is 0 Å². The lowest BCUT2D eigenvalue weighted by atomic mass is 10.4. The normalized spacial score (nSPS) is 10.4. The van der Waals surface area contributed by atoms with E-state index >= 15 is 0 Å². The third-order valence-electron chi connectivity index (χ3n) is 4.03. The van der Waals surface area contributed by atoms with Crippen molar-refractivity contribution >= 4 is 17.9 Å². The molecule has 0 bridgehead atoms. The third kappa shape index (κ3) is 8.94. The first-order valence-corrected chi connectivity index (χ1v) is 10.3. The molecule has 0 unspecified atom stereocenters. The van der Waals surface area contributed by atoms with Gasteiger partial charge in [-0.25, -0.2) is 42.5 Å². The van der Waals surface area contributed by atoms with Gasteiger partial charge in [0, 0.05) is 16.7 Å². The fraction of sp³-hybridized carbons (Fsp3) is 0.429. The van der Waals surface area contributed by atoms with Gasteiger partial charge in [0.2, 0.25) is 0 Å². The molecule has 1 heterocycles. The van der Waals surface area contributed by atoms with Crippen LogP contribution in [0.2, 0.25) is 0 Å². The van der Waals surface area contributed by atoms with E-state index < -0.39 is 74.4 Å². The van der Waals surface area contributed by atoms with Gasteiger partial charge in [0.15, 0.2) is 0 Å². The summed E-state index contributed by atoms with van der Waals surface area (Å²) >= 11 is 0. The zero-order valence-corrected chi connectivity index (χ0v) is 20.1.